The number of rotatable bonds is 2. The van der Waals surface area contributed by atoms with Crippen LogP contribution in [0.3, 0.4) is 0 Å². The SMILES string of the molecule is NC(=O)c1cc(-c2ccco2)ccc1Cl. The highest BCUT2D eigenvalue weighted by Gasteiger charge is 2.09. The lowest BCUT2D eigenvalue weighted by Gasteiger charge is -2.02. The van der Waals surface area contributed by atoms with Gasteiger partial charge in [0.2, 0.25) is 5.91 Å². The van der Waals surface area contributed by atoms with Gasteiger partial charge in [0.1, 0.15) is 5.76 Å². The van der Waals surface area contributed by atoms with E-state index in [9.17, 15) is 4.79 Å². The summed E-state index contributed by atoms with van der Waals surface area (Å²) in [5, 5.41) is 0.345. The molecule has 76 valence electrons. The fraction of sp³-hybridized carbons (Fsp3) is 0. The molecule has 0 bridgehead atoms. The van der Waals surface area contributed by atoms with E-state index in [0.29, 0.717) is 16.3 Å². The number of amides is 1. The van der Waals surface area contributed by atoms with Crippen molar-refractivity contribution in [1.29, 1.82) is 0 Å². The van der Waals surface area contributed by atoms with E-state index in [1.807, 2.05) is 0 Å². The molecule has 2 rings (SSSR count). The number of carbonyl (C=O) groups is 1. The van der Waals surface area contributed by atoms with Crippen LogP contribution < -0.4 is 5.73 Å². The molecule has 2 aromatic rings. The third-order valence-electron chi connectivity index (χ3n) is 2.04. The Morgan fingerprint density at radius 2 is 2.13 bits per heavy atom. The number of halogens is 1. The summed E-state index contributed by atoms with van der Waals surface area (Å²) >= 11 is 5.82. The predicted molar refractivity (Wildman–Crippen MR) is 57.7 cm³/mol. The van der Waals surface area contributed by atoms with Gasteiger partial charge in [0.05, 0.1) is 16.8 Å². The first-order chi connectivity index (χ1) is 7.18. The first kappa shape index (κ1) is 9.80. The Kier molecular flexibility index (Phi) is 2.47. The van der Waals surface area contributed by atoms with E-state index >= 15 is 0 Å². The van der Waals surface area contributed by atoms with Crippen molar-refractivity contribution in [3.63, 3.8) is 0 Å². The van der Waals surface area contributed by atoms with Crippen molar-refractivity contribution < 1.29 is 9.21 Å². The van der Waals surface area contributed by atoms with Crippen LogP contribution in [0.25, 0.3) is 11.3 Å². The normalized spacial score (nSPS) is 10.2. The Morgan fingerprint density at radius 1 is 1.33 bits per heavy atom. The van der Waals surface area contributed by atoms with Crippen LogP contribution in [0, 0.1) is 0 Å². The van der Waals surface area contributed by atoms with Crippen molar-refractivity contribution in [2.24, 2.45) is 5.73 Å². The van der Waals surface area contributed by atoms with E-state index < -0.39 is 5.91 Å². The topological polar surface area (TPSA) is 56.2 Å². The molecule has 0 atom stereocenters. The Bertz CT molecular complexity index is 491. The van der Waals surface area contributed by atoms with Crippen LogP contribution in [0.5, 0.6) is 0 Å². The fourth-order valence-corrected chi connectivity index (χ4v) is 1.52. The number of carbonyl (C=O) groups excluding carboxylic acids is 1. The van der Waals surface area contributed by atoms with Crippen LogP contribution in [0.1, 0.15) is 10.4 Å². The molecule has 0 radical (unpaired) electrons. The average molecular weight is 222 g/mol. The molecule has 0 aliphatic carbocycles. The average Bonchev–Trinajstić information content (AvgIpc) is 2.71. The van der Waals surface area contributed by atoms with Gasteiger partial charge in [-0.2, -0.15) is 0 Å². The second-order valence-electron chi connectivity index (χ2n) is 3.04. The maximum absolute atomic E-state index is 11.1. The molecule has 1 aromatic carbocycles. The summed E-state index contributed by atoms with van der Waals surface area (Å²) < 4.78 is 5.20. The van der Waals surface area contributed by atoms with Gasteiger partial charge in [0.25, 0.3) is 0 Å². The van der Waals surface area contributed by atoms with Crippen LogP contribution in [0.15, 0.2) is 41.0 Å². The minimum Gasteiger partial charge on any atom is -0.464 e. The molecule has 0 saturated heterocycles. The molecule has 0 unspecified atom stereocenters. The zero-order valence-corrected chi connectivity index (χ0v) is 8.49. The Balaban J connectivity index is 2.52. The molecule has 0 aliphatic rings. The second-order valence-corrected chi connectivity index (χ2v) is 3.44. The third kappa shape index (κ3) is 1.87. The molecule has 0 fully saturated rings. The van der Waals surface area contributed by atoms with Gasteiger partial charge in [-0.15, -0.1) is 0 Å². The molecule has 2 N–H and O–H groups in total. The molecule has 0 aliphatic heterocycles. The van der Waals surface area contributed by atoms with E-state index in [1.165, 1.54) is 0 Å². The molecule has 1 amide bonds. The maximum atomic E-state index is 11.1. The van der Waals surface area contributed by atoms with Crippen LogP contribution in [-0.2, 0) is 0 Å². The van der Waals surface area contributed by atoms with Gasteiger partial charge < -0.3 is 10.2 Å². The number of primary amides is 1. The summed E-state index contributed by atoms with van der Waals surface area (Å²) in [5.41, 5.74) is 6.26. The lowest BCUT2D eigenvalue weighted by Crippen LogP contribution is -2.11. The number of nitrogens with two attached hydrogens (primary N) is 1. The van der Waals surface area contributed by atoms with Crippen LogP contribution >= 0.6 is 11.6 Å². The van der Waals surface area contributed by atoms with E-state index in [2.05, 4.69) is 0 Å². The molecule has 0 spiro atoms. The minimum atomic E-state index is -0.548. The standard InChI is InChI=1S/C11H8ClNO2/c12-9-4-3-7(6-8(9)11(13)14)10-2-1-5-15-10/h1-6H,(H2,13,14). The van der Waals surface area contributed by atoms with Gasteiger partial charge in [-0.1, -0.05) is 11.6 Å². The van der Waals surface area contributed by atoms with E-state index in [0.717, 1.165) is 5.56 Å². The number of furan rings is 1. The molecular formula is C11H8ClNO2. The first-order valence-corrected chi connectivity index (χ1v) is 4.69. The smallest absolute Gasteiger partial charge is 0.250 e. The lowest BCUT2D eigenvalue weighted by molar-refractivity contribution is 0.100. The summed E-state index contributed by atoms with van der Waals surface area (Å²) in [5.74, 6) is 0.127. The predicted octanol–water partition coefficient (Wildman–Crippen LogP) is 2.70. The molecular weight excluding hydrogens is 214 g/mol. The number of hydrogen-bond acceptors (Lipinski definition) is 2. The zero-order chi connectivity index (χ0) is 10.8. The van der Waals surface area contributed by atoms with Gasteiger partial charge in [0.15, 0.2) is 0 Å². The van der Waals surface area contributed by atoms with Crippen molar-refractivity contribution in [3.05, 3.63) is 47.2 Å². The summed E-state index contributed by atoms with van der Waals surface area (Å²) in [6, 6.07) is 8.58. The van der Waals surface area contributed by atoms with Crippen molar-refractivity contribution in [3.8, 4) is 11.3 Å². The largest absolute Gasteiger partial charge is 0.464 e. The summed E-state index contributed by atoms with van der Waals surface area (Å²) in [6.07, 6.45) is 1.56. The number of benzene rings is 1. The van der Waals surface area contributed by atoms with E-state index in [4.69, 9.17) is 21.8 Å². The van der Waals surface area contributed by atoms with Crippen LogP contribution in [-0.4, -0.2) is 5.91 Å². The summed E-state index contributed by atoms with van der Waals surface area (Å²) in [7, 11) is 0. The van der Waals surface area contributed by atoms with Gasteiger partial charge in [-0.25, -0.2) is 0 Å². The van der Waals surface area contributed by atoms with Crippen molar-refractivity contribution >= 4 is 17.5 Å². The Morgan fingerprint density at radius 3 is 2.73 bits per heavy atom. The molecule has 1 aromatic heterocycles. The molecule has 1 heterocycles. The zero-order valence-electron chi connectivity index (χ0n) is 7.74. The van der Waals surface area contributed by atoms with Gasteiger partial charge in [0, 0.05) is 5.56 Å². The van der Waals surface area contributed by atoms with E-state index in [-0.39, 0.29) is 0 Å². The van der Waals surface area contributed by atoms with Crippen LogP contribution in [0.2, 0.25) is 5.02 Å². The fourth-order valence-electron chi connectivity index (χ4n) is 1.31. The lowest BCUT2D eigenvalue weighted by atomic mass is 10.1. The Labute approximate surface area is 91.5 Å². The second kappa shape index (κ2) is 3.79. The monoisotopic (exact) mass is 221 g/mol. The van der Waals surface area contributed by atoms with Gasteiger partial charge in [-0.05, 0) is 30.3 Å². The van der Waals surface area contributed by atoms with Crippen molar-refractivity contribution in [2.75, 3.05) is 0 Å². The highest BCUT2D eigenvalue weighted by molar-refractivity contribution is 6.33. The highest BCUT2D eigenvalue weighted by atomic mass is 35.5. The first-order valence-electron chi connectivity index (χ1n) is 4.31. The number of hydrogen-bond donors (Lipinski definition) is 1. The maximum Gasteiger partial charge on any atom is 0.250 e. The van der Waals surface area contributed by atoms with Gasteiger partial charge >= 0.3 is 0 Å². The molecule has 4 heteroatoms. The highest BCUT2D eigenvalue weighted by Crippen LogP contribution is 2.25. The van der Waals surface area contributed by atoms with Crippen molar-refractivity contribution in [1.82, 2.24) is 0 Å². The van der Waals surface area contributed by atoms with E-state index in [1.54, 1.807) is 36.6 Å². The molecule has 3 nitrogen and oxygen atoms in total. The minimum absolute atomic E-state index is 0.297. The summed E-state index contributed by atoms with van der Waals surface area (Å²) in [6.45, 7) is 0. The molecule has 0 saturated carbocycles. The Hall–Kier alpha value is -1.74. The third-order valence-corrected chi connectivity index (χ3v) is 2.37. The summed E-state index contributed by atoms with van der Waals surface area (Å²) in [4.78, 5) is 11.1. The van der Waals surface area contributed by atoms with Crippen LogP contribution in [0.4, 0.5) is 0 Å². The van der Waals surface area contributed by atoms with Gasteiger partial charge in [-0.3, -0.25) is 4.79 Å². The molecule has 15 heavy (non-hydrogen) atoms. The quantitative estimate of drug-likeness (QED) is 0.848. The van der Waals surface area contributed by atoms with Crippen molar-refractivity contribution in [2.45, 2.75) is 0 Å².